The van der Waals surface area contributed by atoms with Gasteiger partial charge in [0.1, 0.15) is 0 Å². The van der Waals surface area contributed by atoms with E-state index in [0.717, 1.165) is 12.8 Å². The molecule has 4 aromatic carbocycles. The van der Waals surface area contributed by atoms with Gasteiger partial charge in [-0.25, -0.2) is 0 Å². The van der Waals surface area contributed by atoms with Crippen molar-refractivity contribution in [2.24, 2.45) is 0 Å². The van der Waals surface area contributed by atoms with Crippen molar-refractivity contribution in [1.82, 2.24) is 0 Å². The SMILES string of the molecule is c1ccc(Cc2ccccc2[Si]2c3ccccc3Cc3ccccc32)cc1. The molecule has 1 aliphatic heterocycles. The Hall–Kier alpha value is -2.90. The lowest BCUT2D eigenvalue weighted by atomic mass is 10.0. The van der Waals surface area contributed by atoms with E-state index < -0.39 is 8.80 Å². The minimum absolute atomic E-state index is 0.988. The van der Waals surface area contributed by atoms with Crippen LogP contribution in [0.4, 0.5) is 0 Å². The first-order chi connectivity index (χ1) is 13.4. The maximum atomic E-state index is 2.37. The van der Waals surface area contributed by atoms with Gasteiger partial charge in [-0.3, -0.25) is 0 Å². The molecule has 1 aliphatic rings. The molecule has 0 aliphatic carbocycles. The molecule has 0 aromatic heterocycles. The van der Waals surface area contributed by atoms with Crippen LogP contribution in [0.15, 0.2) is 103 Å². The highest BCUT2D eigenvalue weighted by atomic mass is 28.3. The van der Waals surface area contributed by atoms with E-state index in [1.807, 2.05) is 0 Å². The van der Waals surface area contributed by atoms with Crippen molar-refractivity contribution in [3.05, 3.63) is 125 Å². The zero-order valence-electron chi connectivity index (χ0n) is 15.2. The molecule has 0 saturated carbocycles. The van der Waals surface area contributed by atoms with Gasteiger partial charge in [0.05, 0.1) is 0 Å². The van der Waals surface area contributed by atoms with E-state index in [1.165, 1.54) is 27.4 Å². The van der Waals surface area contributed by atoms with E-state index in [4.69, 9.17) is 0 Å². The molecule has 5 rings (SSSR count). The third kappa shape index (κ3) is 3.05. The van der Waals surface area contributed by atoms with Gasteiger partial charge in [-0.05, 0) is 50.7 Å². The highest BCUT2D eigenvalue weighted by Crippen LogP contribution is 2.16. The largest absolute Gasteiger partial charge is 0.155 e. The minimum Gasteiger partial charge on any atom is -0.0623 e. The number of hydrogen-bond acceptors (Lipinski definition) is 0. The lowest BCUT2D eigenvalue weighted by Crippen LogP contribution is -2.57. The van der Waals surface area contributed by atoms with Crippen molar-refractivity contribution in [3.63, 3.8) is 0 Å². The third-order valence-electron chi connectivity index (χ3n) is 5.48. The Morgan fingerprint density at radius 1 is 0.519 bits per heavy atom. The van der Waals surface area contributed by atoms with Crippen LogP contribution in [0, 0.1) is 0 Å². The molecule has 0 saturated heterocycles. The molecule has 129 valence electrons. The van der Waals surface area contributed by atoms with E-state index in [0.29, 0.717) is 0 Å². The average Bonchev–Trinajstić information content (AvgIpc) is 2.73. The zero-order valence-corrected chi connectivity index (χ0v) is 16.2. The topological polar surface area (TPSA) is 0 Å². The number of hydrogen-bond donors (Lipinski definition) is 0. The van der Waals surface area contributed by atoms with E-state index >= 15 is 0 Å². The molecule has 27 heavy (non-hydrogen) atoms. The fraction of sp³-hybridized carbons (Fsp3) is 0.0769. The summed E-state index contributed by atoms with van der Waals surface area (Å²) < 4.78 is 0. The second kappa shape index (κ2) is 7.01. The van der Waals surface area contributed by atoms with Gasteiger partial charge in [0.25, 0.3) is 0 Å². The standard InChI is InChI=1S/C26H21Si/c1-2-10-20(11-3-1)18-21-12-4-7-15-24(21)27-25-16-8-5-13-22(25)19-23-14-6-9-17-26(23)27/h1-17H,18-19H2. The number of rotatable bonds is 3. The maximum absolute atomic E-state index is 2.37. The van der Waals surface area contributed by atoms with Crippen LogP contribution in [0.2, 0.25) is 0 Å². The highest BCUT2D eigenvalue weighted by molar-refractivity contribution is 6.96. The molecule has 0 spiro atoms. The van der Waals surface area contributed by atoms with Crippen LogP contribution in [0.25, 0.3) is 0 Å². The van der Waals surface area contributed by atoms with Crippen LogP contribution in [0.3, 0.4) is 0 Å². The van der Waals surface area contributed by atoms with Crippen LogP contribution < -0.4 is 15.6 Å². The second-order valence-corrected chi connectivity index (χ2v) is 9.55. The summed E-state index contributed by atoms with van der Waals surface area (Å²) >= 11 is 0. The van der Waals surface area contributed by atoms with Crippen molar-refractivity contribution in [1.29, 1.82) is 0 Å². The van der Waals surface area contributed by atoms with Gasteiger partial charge >= 0.3 is 0 Å². The monoisotopic (exact) mass is 361 g/mol. The molecular weight excluding hydrogens is 340 g/mol. The van der Waals surface area contributed by atoms with Crippen molar-refractivity contribution < 1.29 is 0 Å². The Morgan fingerprint density at radius 2 is 1.04 bits per heavy atom. The van der Waals surface area contributed by atoms with Crippen molar-refractivity contribution >= 4 is 24.4 Å². The zero-order chi connectivity index (χ0) is 18.1. The van der Waals surface area contributed by atoms with Gasteiger partial charge in [0, 0.05) is 0 Å². The normalized spacial score (nSPS) is 13.0. The van der Waals surface area contributed by atoms with Crippen LogP contribution in [-0.2, 0) is 12.8 Å². The molecule has 0 unspecified atom stereocenters. The Morgan fingerprint density at radius 3 is 1.70 bits per heavy atom. The quantitative estimate of drug-likeness (QED) is 0.430. The first-order valence-corrected chi connectivity index (χ1v) is 11.1. The molecule has 0 nitrogen and oxygen atoms in total. The lowest BCUT2D eigenvalue weighted by Gasteiger charge is -2.29. The predicted molar refractivity (Wildman–Crippen MR) is 116 cm³/mol. The molecule has 0 fully saturated rings. The Bertz CT molecular complexity index is 1040. The summed E-state index contributed by atoms with van der Waals surface area (Å²) in [5.41, 5.74) is 5.84. The number of fused-ring (bicyclic) bond motifs is 2. The van der Waals surface area contributed by atoms with Gasteiger partial charge in [-0.15, -0.1) is 0 Å². The van der Waals surface area contributed by atoms with Gasteiger partial charge in [-0.2, -0.15) is 0 Å². The van der Waals surface area contributed by atoms with Gasteiger partial charge < -0.3 is 0 Å². The predicted octanol–water partition coefficient (Wildman–Crippen LogP) is 3.70. The van der Waals surface area contributed by atoms with E-state index in [2.05, 4.69) is 103 Å². The molecule has 0 bridgehead atoms. The van der Waals surface area contributed by atoms with Gasteiger partial charge in [0.15, 0.2) is 8.80 Å². The summed E-state index contributed by atoms with van der Waals surface area (Å²) in [6.45, 7) is 0. The molecule has 1 heterocycles. The Balaban J connectivity index is 1.67. The molecule has 1 heteroatoms. The second-order valence-electron chi connectivity index (χ2n) is 7.19. The number of benzene rings is 4. The summed E-state index contributed by atoms with van der Waals surface area (Å²) in [6, 6.07) is 38.0. The lowest BCUT2D eigenvalue weighted by molar-refractivity contribution is 1.20. The first kappa shape index (κ1) is 16.3. The van der Waals surface area contributed by atoms with E-state index in [9.17, 15) is 0 Å². The minimum atomic E-state index is -0.988. The van der Waals surface area contributed by atoms with E-state index in [-0.39, 0.29) is 0 Å². The van der Waals surface area contributed by atoms with Crippen molar-refractivity contribution in [3.8, 4) is 0 Å². The Kier molecular flexibility index (Phi) is 4.23. The summed E-state index contributed by atoms with van der Waals surface area (Å²) in [5.74, 6) is 0. The maximum Gasteiger partial charge on any atom is 0.155 e. The Labute approximate surface area is 162 Å². The van der Waals surface area contributed by atoms with Crippen LogP contribution >= 0.6 is 0 Å². The van der Waals surface area contributed by atoms with Crippen LogP contribution in [0.5, 0.6) is 0 Å². The summed E-state index contributed by atoms with van der Waals surface area (Å²) in [4.78, 5) is 0. The van der Waals surface area contributed by atoms with Gasteiger partial charge in [-0.1, -0.05) is 103 Å². The summed E-state index contributed by atoms with van der Waals surface area (Å²) in [7, 11) is -0.988. The van der Waals surface area contributed by atoms with Crippen LogP contribution in [0.1, 0.15) is 22.3 Å². The summed E-state index contributed by atoms with van der Waals surface area (Å²) in [6.07, 6.45) is 2.05. The van der Waals surface area contributed by atoms with Gasteiger partial charge in [0.2, 0.25) is 0 Å². The first-order valence-electron chi connectivity index (χ1n) is 9.56. The average molecular weight is 362 g/mol. The highest BCUT2D eigenvalue weighted by Gasteiger charge is 2.29. The smallest absolute Gasteiger partial charge is 0.0623 e. The fourth-order valence-electron chi connectivity index (χ4n) is 4.21. The van der Waals surface area contributed by atoms with Crippen LogP contribution in [-0.4, -0.2) is 8.80 Å². The molecule has 0 amide bonds. The van der Waals surface area contributed by atoms with Crippen molar-refractivity contribution in [2.75, 3.05) is 0 Å². The molecular formula is C26H21Si. The molecule has 0 N–H and O–H groups in total. The van der Waals surface area contributed by atoms with Crippen molar-refractivity contribution in [2.45, 2.75) is 12.8 Å². The fourth-order valence-corrected chi connectivity index (χ4v) is 7.35. The van der Waals surface area contributed by atoms with E-state index in [1.54, 1.807) is 10.4 Å². The molecule has 4 aromatic rings. The summed E-state index contributed by atoms with van der Waals surface area (Å²) in [5, 5.41) is 4.65. The third-order valence-corrected chi connectivity index (χ3v) is 8.56. The molecule has 1 radical (unpaired) electrons. The molecule has 0 atom stereocenters.